The van der Waals surface area contributed by atoms with Gasteiger partial charge in [-0.2, -0.15) is 0 Å². The Bertz CT molecular complexity index is 1290. The third-order valence-electron chi connectivity index (χ3n) is 5.20. The summed E-state index contributed by atoms with van der Waals surface area (Å²) in [7, 11) is 1.61. The van der Waals surface area contributed by atoms with E-state index in [9.17, 15) is 4.79 Å². The molecule has 36 heavy (non-hydrogen) atoms. The van der Waals surface area contributed by atoms with Gasteiger partial charge in [-0.1, -0.05) is 41.9 Å². The van der Waals surface area contributed by atoms with Gasteiger partial charge in [-0.3, -0.25) is 4.79 Å². The standard InChI is InChI=1S/C29H26ClNO5/c1-3-34-27-18-21(17-26(30)28(27)35-19-20-7-5-4-6-8-20)29(32)31-22-9-11-24(12-10-22)36-25-15-13-23(33-2)14-16-25/h4-18H,3,19H2,1-2H3,(H,31,32). The van der Waals surface area contributed by atoms with Gasteiger partial charge in [0.05, 0.1) is 18.7 Å². The molecule has 0 unspecified atom stereocenters. The number of hydrogen-bond donors (Lipinski definition) is 1. The second-order valence-electron chi connectivity index (χ2n) is 7.75. The molecular formula is C29H26ClNO5. The molecule has 0 aliphatic rings. The summed E-state index contributed by atoms with van der Waals surface area (Å²) in [5.41, 5.74) is 1.96. The fourth-order valence-corrected chi connectivity index (χ4v) is 3.69. The van der Waals surface area contributed by atoms with Crippen molar-refractivity contribution in [1.82, 2.24) is 0 Å². The van der Waals surface area contributed by atoms with E-state index >= 15 is 0 Å². The highest BCUT2D eigenvalue weighted by Gasteiger charge is 2.17. The number of amides is 1. The van der Waals surface area contributed by atoms with Crippen LogP contribution in [0.3, 0.4) is 0 Å². The first kappa shape index (κ1) is 24.9. The minimum Gasteiger partial charge on any atom is -0.497 e. The van der Waals surface area contributed by atoms with Crippen molar-refractivity contribution < 1.29 is 23.7 Å². The van der Waals surface area contributed by atoms with Gasteiger partial charge >= 0.3 is 0 Å². The third-order valence-corrected chi connectivity index (χ3v) is 5.49. The number of rotatable bonds is 10. The van der Waals surface area contributed by atoms with E-state index in [0.717, 1.165) is 11.3 Å². The Labute approximate surface area is 215 Å². The molecule has 0 bridgehead atoms. The predicted molar refractivity (Wildman–Crippen MR) is 141 cm³/mol. The maximum Gasteiger partial charge on any atom is 0.255 e. The molecular weight excluding hydrogens is 478 g/mol. The lowest BCUT2D eigenvalue weighted by molar-refractivity contribution is 0.102. The topological polar surface area (TPSA) is 66.0 Å². The van der Waals surface area contributed by atoms with Gasteiger partial charge in [0.1, 0.15) is 23.9 Å². The first-order valence-corrected chi connectivity index (χ1v) is 11.8. The van der Waals surface area contributed by atoms with Crippen molar-refractivity contribution in [2.75, 3.05) is 19.0 Å². The number of hydrogen-bond acceptors (Lipinski definition) is 5. The summed E-state index contributed by atoms with van der Waals surface area (Å²) in [6, 6.07) is 27.3. The summed E-state index contributed by atoms with van der Waals surface area (Å²) >= 11 is 6.49. The fraction of sp³-hybridized carbons (Fsp3) is 0.138. The number of methoxy groups -OCH3 is 1. The first-order chi connectivity index (χ1) is 17.6. The highest BCUT2D eigenvalue weighted by molar-refractivity contribution is 6.32. The summed E-state index contributed by atoms with van der Waals surface area (Å²) in [6.07, 6.45) is 0. The van der Waals surface area contributed by atoms with Crippen LogP contribution in [0.25, 0.3) is 0 Å². The average molecular weight is 504 g/mol. The number of ether oxygens (including phenoxy) is 4. The minimum atomic E-state index is -0.323. The van der Waals surface area contributed by atoms with Crippen molar-refractivity contribution >= 4 is 23.2 Å². The molecule has 4 rings (SSSR count). The quantitative estimate of drug-likeness (QED) is 0.245. The lowest BCUT2D eigenvalue weighted by Gasteiger charge is -2.15. The third kappa shape index (κ3) is 6.49. The van der Waals surface area contributed by atoms with Crippen molar-refractivity contribution in [1.29, 1.82) is 0 Å². The van der Waals surface area contributed by atoms with Gasteiger partial charge in [0, 0.05) is 11.3 Å². The van der Waals surface area contributed by atoms with Crippen LogP contribution in [-0.4, -0.2) is 19.6 Å². The number of nitrogens with one attached hydrogen (secondary N) is 1. The molecule has 0 aliphatic carbocycles. The maximum atomic E-state index is 12.9. The van der Waals surface area contributed by atoms with Crippen LogP contribution >= 0.6 is 11.6 Å². The summed E-state index contributed by atoms with van der Waals surface area (Å²) in [5, 5.41) is 3.17. The lowest BCUT2D eigenvalue weighted by atomic mass is 10.1. The fourth-order valence-electron chi connectivity index (χ4n) is 3.42. The summed E-state index contributed by atoms with van der Waals surface area (Å²) in [6.45, 7) is 2.59. The van der Waals surface area contributed by atoms with Crippen LogP contribution in [0.5, 0.6) is 28.7 Å². The second kappa shape index (κ2) is 12.0. The van der Waals surface area contributed by atoms with E-state index in [1.54, 1.807) is 43.5 Å². The van der Waals surface area contributed by atoms with Crippen LogP contribution in [0.15, 0.2) is 91.0 Å². The van der Waals surface area contributed by atoms with Gasteiger partial charge in [-0.25, -0.2) is 0 Å². The molecule has 0 radical (unpaired) electrons. The molecule has 0 saturated heterocycles. The smallest absolute Gasteiger partial charge is 0.255 e. The number of carbonyl (C=O) groups excluding carboxylic acids is 1. The van der Waals surface area contributed by atoms with Crippen molar-refractivity contribution in [3.63, 3.8) is 0 Å². The van der Waals surface area contributed by atoms with Crippen LogP contribution in [0, 0.1) is 0 Å². The number of benzene rings is 4. The van der Waals surface area contributed by atoms with E-state index in [0.29, 0.717) is 52.5 Å². The predicted octanol–water partition coefficient (Wildman–Crippen LogP) is 7.37. The summed E-state index contributed by atoms with van der Waals surface area (Å²) in [5.74, 6) is 2.56. The van der Waals surface area contributed by atoms with E-state index in [2.05, 4.69) is 5.32 Å². The van der Waals surface area contributed by atoms with Crippen LogP contribution < -0.4 is 24.3 Å². The van der Waals surface area contributed by atoms with E-state index in [1.807, 2.05) is 61.5 Å². The molecule has 7 heteroatoms. The minimum absolute atomic E-state index is 0.297. The monoisotopic (exact) mass is 503 g/mol. The molecule has 4 aromatic carbocycles. The van der Waals surface area contributed by atoms with Crippen LogP contribution in [0.4, 0.5) is 5.69 Å². The SMILES string of the molecule is CCOc1cc(C(=O)Nc2ccc(Oc3ccc(OC)cc3)cc2)cc(Cl)c1OCc1ccccc1. The number of carbonyl (C=O) groups is 1. The second-order valence-corrected chi connectivity index (χ2v) is 8.16. The Hall–Kier alpha value is -4.16. The largest absolute Gasteiger partial charge is 0.497 e. The Morgan fingerprint density at radius 1 is 0.833 bits per heavy atom. The highest BCUT2D eigenvalue weighted by atomic mass is 35.5. The zero-order chi connectivity index (χ0) is 25.3. The lowest BCUT2D eigenvalue weighted by Crippen LogP contribution is -2.12. The molecule has 184 valence electrons. The normalized spacial score (nSPS) is 10.4. The molecule has 0 saturated carbocycles. The van der Waals surface area contributed by atoms with Gasteiger partial charge in [-0.15, -0.1) is 0 Å². The Kier molecular flexibility index (Phi) is 8.32. The number of anilines is 1. The van der Waals surface area contributed by atoms with Crippen molar-refractivity contribution in [2.45, 2.75) is 13.5 Å². The molecule has 1 amide bonds. The van der Waals surface area contributed by atoms with Gasteiger partial charge < -0.3 is 24.3 Å². The number of halogens is 1. The van der Waals surface area contributed by atoms with Gasteiger partial charge in [0.25, 0.3) is 5.91 Å². The summed E-state index contributed by atoms with van der Waals surface area (Å²) < 4.78 is 22.6. The summed E-state index contributed by atoms with van der Waals surface area (Å²) in [4.78, 5) is 12.9. The molecule has 6 nitrogen and oxygen atoms in total. The average Bonchev–Trinajstić information content (AvgIpc) is 2.90. The first-order valence-electron chi connectivity index (χ1n) is 11.4. The van der Waals surface area contributed by atoms with E-state index in [-0.39, 0.29) is 5.91 Å². The van der Waals surface area contributed by atoms with E-state index < -0.39 is 0 Å². The molecule has 4 aromatic rings. The highest BCUT2D eigenvalue weighted by Crippen LogP contribution is 2.37. The Balaban J connectivity index is 1.43. The molecule has 1 N–H and O–H groups in total. The van der Waals surface area contributed by atoms with Crippen LogP contribution in [0.1, 0.15) is 22.8 Å². The molecule has 0 aromatic heterocycles. The molecule has 0 heterocycles. The maximum absolute atomic E-state index is 12.9. The Morgan fingerprint density at radius 2 is 1.47 bits per heavy atom. The zero-order valence-electron chi connectivity index (χ0n) is 20.0. The van der Waals surface area contributed by atoms with E-state index in [4.69, 9.17) is 30.5 Å². The van der Waals surface area contributed by atoms with Gasteiger partial charge in [0.15, 0.2) is 11.5 Å². The van der Waals surface area contributed by atoms with Crippen molar-refractivity contribution in [3.8, 4) is 28.7 Å². The molecule has 0 aliphatic heterocycles. The van der Waals surface area contributed by atoms with Crippen LogP contribution in [-0.2, 0) is 6.61 Å². The zero-order valence-corrected chi connectivity index (χ0v) is 20.7. The van der Waals surface area contributed by atoms with E-state index in [1.165, 1.54) is 0 Å². The van der Waals surface area contributed by atoms with Crippen molar-refractivity contribution in [3.05, 3.63) is 107 Å². The Morgan fingerprint density at radius 3 is 2.11 bits per heavy atom. The molecule has 0 spiro atoms. The molecule has 0 fully saturated rings. The molecule has 0 atom stereocenters. The van der Waals surface area contributed by atoms with Crippen molar-refractivity contribution in [2.24, 2.45) is 0 Å². The van der Waals surface area contributed by atoms with Crippen LogP contribution in [0.2, 0.25) is 5.02 Å². The van der Waals surface area contributed by atoms with Gasteiger partial charge in [0.2, 0.25) is 0 Å². The van der Waals surface area contributed by atoms with Gasteiger partial charge in [-0.05, 0) is 73.2 Å².